The van der Waals surface area contributed by atoms with Crippen molar-refractivity contribution in [1.82, 2.24) is 0 Å². The minimum absolute atomic E-state index is 0.831. The van der Waals surface area contributed by atoms with Crippen molar-refractivity contribution < 1.29 is 4.43 Å². The molecule has 1 unspecified atom stereocenters. The predicted octanol–water partition coefficient (Wildman–Crippen LogP) is 5.60. The molecular formula is C17H30OSi. The van der Waals surface area contributed by atoms with E-state index in [1.54, 1.807) is 11.1 Å². The lowest BCUT2D eigenvalue weighted by Crippen LogP contribution is -2.35. The van der Waals surface area contributed by atoms with E-state index < -0.39 is 8.32 Å². The topological polar surface area (TPSA) is 9.23 Å². The van der Waals surface area contributed by atoms with E-state index in [0.29, 0.717) is 0 Å². The molecule has 0 radical (unpaired) electrons. The maximum Gasteiger partial charge on any atom is 0.189 e. The van der Waals surface area contributed by atoms with Gasteiger partial charge in [-0.1, -0.05) is 18.6 Å². The zero-order valence-corrected chi connectivity index (χ0v) is 14.0. The molecule has 0 bridgehead atoms. The second kappa shape index (κ2) is 6.89. The van der Waals surface area contributed by atoms with Gasteiger partial charge in [0.25, 0.3) is 0 Å². The number of allylic oxidation sites excluding steroid dienone is 4. The molecule has 0 aromatic heterocycles. The van der Waals surface area contributed by atoms with Crippen molar-refractivity contribution >= 4 is 8.32 Å². The van der Waals surface area contributed by atoms with E-state index in [-0.39, 0.29) is 0 Å². The van der Waals surface area contributed by atoms with Crippen LogP contribution in [0.25, 0.3) is 0 Å². The average molecular weight is 279 g/mol. The van der Waals surface area contributed by atoms with E-state index in [4.69, 9.17) is 4.43 Å². The lowest BCUT2D eigenvalue weighted by Gasteiger charge is -2.30. The van der Waals surface area contributed by atoms with Crippen molar-refractivity contribution in [1.29, 1.82) is 0 Å². The summed E-state index contributed by atoms with van der Waals surface area (Å²) in [6.45, 7) is 4.77. The first-order chi connectivity index (χ1) is 9.13. The predicted molar refractivity (Wildman–Crippen MR) is 86.0 cm³/mol. The van der Waals surface area contributed by atoms with E-state index in [2.05, 4.69) is 25.2 Å². The number of hydrogen-bond donors (Lipinski definition) is 0. The van der Waals surface area contributed by atoms with Crippen LogP contribution in [-0.4, -0.2) is 15.4 Å². The molecule has 0 spiro atoms. The third kappa shape index (κ3) is 4.06. The summed E-state index contributed by atoms with van der Waals surface area (Å²) < 4.78 is 5.83. The lowest BCUT2D eigenvalue weighted by molar-refractivity contribution is 0.382. The second-order valence-electron chi connectivity index (χ2n) is 6.68. The first-order valence-electron chi connectivity index (χ1n) is 8.07. The van der Waals surface area contributed by atoms with Crippen molar-refractivity contribution in [3.63, 3.8) is 0 Å². The zero-order chi connectivity index (χ0) is 13.7. The third-order valence-electron chi connectivity index (χ3n) is 5.13. The highest BCUT2D eigenvalue weighted by atomic mass is 28.4. The molecule has 0 aromatic carbocycles. The van der Waals surface area contributed by atoms with E-state index in [9.17, 15) is 0 Å². The molecule has 0 aromatic rings. The number of rotatable bonds is 3. The van der Waals surface area contributed by atoms with E-state index in [1.165, 1.54) is 57.8 Å². The Bertz CT molecular complexity index is 354. The van der Waals surface area contributed by atoms with E-state index in [0.717, 1.165) is 5.54 Å². The molecule has 0 saturated carbocycles. The summed E-state index contributed by atoms with van der Waals surface area (Å²) in [5.74, 6) is 0. The Morgan fingerprint density at radius 1 is 0.947 bits per heavy atom. The Morgan fingerprint density at radius 3 is 2.47 bits per heavy atom. The Labute approximate surface area is 120 Å². The molecule has 1 nitrogen and oxygen atoms in total. The molecule has 2 aliphatic carbocycles. The smallest absolute Gasteiger partial charge is 0.189 e. The van der Waals surface area contributed by atoms with Crippen LogP contribution in [0.15, 0.2) is 23.3 Å². The summed E-state index contributed by atoms with van der Waals surface area (Å²) in [6.07, 6.45) is 17.1. The van der Waals surface area contributed by atoms with Gasteiger partial charge in [-0.3, -0.25) is 0 Å². The fraction of sp³-hybridized carbons (Fsp3) is 0.765. The maximum atomic E-state index is 5.83. The molecular weight excluding hydrogens is 248 g/mol. The quantitative estimate of drug-likeness (QED) is 0.611. The molecule has 1 atom stereocenters. The van der Waals surface area contributed by atoms with Gasteiger partial charge in [0.05, 0.1) is 0 Å². The monoisotopic (exact) mass is 278 g/mol. The first kappa shape index (κ1) is 15.1. The molecule has 2 rings (SSSR count). The fourth-order valence-corrected chi connectivity index (χ4v) is 5.53. The zero-order valence-electron chi connectivity index (χ0n) is 13.0. The lowest BCUT2D eigenvalue weighted by atomic mass is 9.97. The van der Waals surface area contributed by atoms with Crippen LogP contribution in [-0.2, 0) is 4.43 Å². The SMILES string of the molecule is CO[Si](C)(C)C1CCC=C(C2=CCCCCC2)CC1. The molecule has 0 amide bonds. The highest BCUT2D eigenvalue weighted by Crippen LogP contribution is 2.38. The van der Waals surface area contributed by atoms with Crippen molar-refractivity contribution in [3.8, 4) is 0 Å². The highest BCUT2D eigenvalue weighted by molar-refractivity contribution is 6.72. The van der Waals surface area contributed by atoms with Crippen LogP contribution in [0.3, 0.4) is 0 Å². The summed E-state index contributed by atoms with van der Waals surface area (Å²) in [5.41, 5.74) is 4.18. The Balaban J connectivity index is 1.99. The maximum absolute atomic E-state index is 5.83. The van der Waals surface area contributed by atoms with E-state index >= 15 is 0 Å². The van der Waals surface area contributed by atoms with Crippen molar-refractivity contribution in [2.45, 2.75) is 76.4 Å². The first-order valence-corrected chi connectivity index (χ1v) is 11.1. The van der Waals surface area contributed by atoms with Gasteiger partial charge < -0.3 is 4.43 Å². The standard InChI is InChI=1S/C17H30OSi/c1-18-19(2,3)17-12-8-11-16(13-14-17)15-9-6-4-5-7-10-15/h9,11,17H,4-8,10,12-14H2,1-3H3. The third-order valence-corrected chi connectivity index (χ3v) is 8.73. The Hall–Kier alpha value is -0.343. The second-order valence-corrected chi connectivity index (χ2v) is 11.1. The van der Waals surface area contributed by atoms with Crippen LogP contribution in [0.1, 0.15) is 57.8 Å². The fourth-order valence-electron chi connectivity index (χ4n) is 3.49. The van der Waals surface area contributed by atoms with Gasteiger partial charge in [0, 0.05) is 7.11 Å². The average Bonchev–Trinajstić information content (AvgIpc) is 2.81. The molecule has 0 saturated heterocycles. The van der Waals surface area contributed by atoms with E-state index in [1.807, 2.05) is 7.11 Å². The van der Waals surface area contributed by atoms with Crippen molar-refractivity contribution in [2.24, 2.45) is 0 Å². The summed E-state index contributed by atoms with van der Waals surface area (Å²) in [7, 11) is 0.465. The van der Waals surface area contributed by atoms with Gasteiger partial charge in [0.15, 0.2) is 8.32 Å². The normalized spacial score (nSPS) is 26.2. The van der Waals surface area contributed by atoms with Gasteiger partial charge in [0.2, 0.25) is 0 Å². The van der Waals surface area contributed by atoms with Gasteiger partial charge in [0.1, 0.15) is 0 Å². The number of hydrogen-bond acceptors (Lipinski definition) is 1. The highest BCUT2D eigenvalue weighted by Gasteiger charge is 2.32. The van der Waals surface area contributed by atoms with Gasteiger partial charge in [-0.15, -0.1) is 0 Å². The summed E-state index contributed by atoms with van der Waals surface area (Å²) in [5, 5.41) is 0. The van der Waals surface area contributed by atoms with Crippen LogP contribution in [0.5, 0.6) is 0 Å². The van der Waals surface area contributed by atoms with Crippen molar-refractivity contribution in [3.05, 3.63) is 23.3 Å². The Morgan fingerprint density at radius 2 is 1.68 bits per heavy atom. The minimum Gasteiger partial charge on any atom is -0.420 e. The summed E-state index contributed by atoms with van der Waals surface area (Å²) >= 11 is 0. The summed E-state index contributed by atoms with van der Waals surface area (Å²) in [6, 6.07) is 0. The molecule has 19 heavy (non-hydrogen) atoms. The summed E-state index contributed by atoms with van der Waals surface area (Å²) in [4.78, 5) is 0. The molecule has 2 heteroatoms. The van der Waals surface area contributed by atoms with Crippen LogP contribution < -0.4 is 0 Å². The Kier molecular flexibility index (Phi) is 5.46. The van der Waals surface area contributed by atoms with Gasteiger partial charge >= 0.3 is 0 Å². The molecule has 0 heterocycles. The molecule has 108 valence electrons. The van der Waals surface area contributed by atoms with Gasteiger partial charge in [-0.2, -0.15) is 0 Å². The largest absolute Gasteiger partial charge is 0.420 e. The van der Waals surface area contributed by atoms with Crippen LogP contribution in [0.4, 0.5) is 0 Å². The van der Waals surface area contributed by atoms with Gasteiger partial charge in [-0.25, -0.2) is 0 Å². The minimum atomic E-state index is -1.45. The van der Waals surface area contributed by atoms with Crippen LogP contribution in [0, 0.1) is 0 Å². The molecule has 0 fully saturated rings. The van der Waals surface area contributed by atoms with Gasteiger partial charge in [-0.05, 0) is 81.1 Å². The van der Waals surface area contributed by atoms with Crippen LogP contribution in [0.2, 0.25) is 18.6 Å². The molecule has 0 N–H and O–H groups in total. The molecule has 0 aliphatic heterocycles. The van der Waals surface area contributed by atoms with Crippen molar-refractivity contribution in [2.75, 3.05) is 7.11 Å². The van der Waals surface area contributed by atoms with Crippen LogP contribution >= 0.6 is 0 Å². The molecule has 2 aliphatic rings.